The molecule has 1 aromatic carbocycles. The molecule has 0 aromatic heterocycles. The van der Waals surface area contributed by atoms with Crippen molar-refractivity contribution in [3.63, 3.8) is 0 Å². The van der Waals surface area contributed by atoms with Crippen molar-refractivity contribution in [2.45, 2.75) is 31.2 Å². The summed E-state index contributed by atoms with van der Waals surface area (Å²) in [5.41, 5.74) is 6.44. The summed E-state index contributed by atoms with van der Waals surface area (Å²) < 4.78 is 25.7. The average molecular weight is 232 g/mol. The lowest BCUT2D eigenvalue weighted by Crippen LogP contribution is -2.22. The summed E-state index contributed by atoms with van der Waals surface area (Å²) >= 11 is 5.80. The van der Waals surface area contributed by atoms with Gasteiger partial charge in [-0.2, -0.15) is 0 Å². The van der Waals surface area contributed by atoms with E-state index in [1.54, 1.807) is 0 Å². The second kappa shape index (κ2) is 3.72. The maximum atomic E-state index is 12.9. The molecule has 4 heteroatoms. The minimum absolute atomic E-state index is 0.0891. The van der Waals surface area contributed by atoms with Gasteiger partial charge < -0.3 is 5.73 Å². The Morgan fingerprint density at radius 3 is 2.47 bits per heavy atom. The molecule has 1 aromatic rings. The van der Waals surface area contributed by atoms with Gasteiger partial charge in [0.1, 0.15) is 0 Å². The zero-order valence-electron chi connectivity index (χ0n) is 8.19. The first-order chi connectivity index (χ1) is 7.00. The van der Waals surface area contributed by atoms with Crippen molar-refractivity contribution in [2.75, 3.05) is 0 Å². The molecule has 0 amide bonds. The molecular weight excluding hydrogens is 220 g/mol. The van der Waals surface area contributed by atoms with E-state index in [0.29, 0.717) is 12.0 Å². The molecule has 0 unspecified atom stereocenters. The molecule has 15 heavy (non-hydrogen) atoms. The number of aryl methyl sites for hydroxylation is 1. The molecule has 82 valence electrons. The van der Waals surface area contributed by atoms with Crippen LogP contribution in [0.15, 0.2) is 12.1 Å². The second-order valence-corrected chi connectivity index (χ2v) is 4.63. The van der Waals surface area contributed by atoms with Crippen molar-refractivity contribution in [3.05, 3.63) is 34.4 Å². The van der Waals surface area contributed by atoms with Gasteiger partial charge in [-0.1, -0.05) is 11.6 Å². The third-order valence-corrected chi connectivity index (χ3v) is 3.23. The molecule has 0 bridgehead atoms. The SMILES string of the molecule is NC1(CCc2cc(F)c(F)cc2Cl)CC1. The van der Waals surface area contributed by atoms with Gasteiger partial charge in [0.15, 0.2) is 11.6 Å². The predicted molar refractivity (Wildman–Crippen MR) is 55.8 cm³/mol. The second-order valence-electron chi connectivity index (χ2n) is 4.22. The standard InChI is InChI=1S/C11H12ClF2N/c12-8-6-10(14)9(13)5-7(8)1-2-11(15)3-4-11/h5-6H,1-4,15H2. The van der Waals surface area contributed by atoms with E-state index in [4.69, 9.17) is 17.3 Å². The third kappa shape index (κ3) is 2.47. The molecule has 1 fully saturated rings. The Hall–Kier alpha value is -0.670. The lowest BCUT2D eigenvalue weighted by Gasteiger charge is -2.09. The van der Waals surface area contributed by atoms with Crippen molar-refractivity contribution in [2.24, 2.45) is 5.73 Å². The molecule has 1 aliphatic rings. The minimum Gasteiger partial charge on any atom is -0.325 e. The molecule has 0 aliphatic heterocycles. The van der Waals surface area contributed by atoms with Gasteiger partial charge in [0.25, 0.3) is 0 Å². The number of benzene rings is 1. The van der Waals surface area contributed by atoms with E-state index in [-0.39, 0.29) is 10.6 Å². The van der Waals surface area contributed by atoms with Crippen LogP contribution >= 0.6 is 11.6 Å². The Morgan fingerprint density at radius 1 is 1.27 bits per heavy atom. The summed E-state index contributed by atoms with van der Waals surface area (Å²) in [4.78, 5) is 0. The maximum absolute atomic E-state index is 12.9. The van der Waals surface area contributed by atoms with Crippen LogP contribution in [0, 0.1) is 11.6 Å². The van der Waals surface area contributed by atoms with Crippen LogP contribution in [0.25, 0.3) is 0 Å². The van der Waals surface area contributed by atoms with Gasteiger partial charge in [-0.25, -0.2) is 8.78 Å². The van der Waals surface area contributed by atoms with Crippen LogP contribution in [-0.4, -0.2) is 5.54 Å². The van der Waals surface area contributed by atoms with Gasteiger partial charge in [0, 0.05) is 10.6 Å². The van der Waals surface area contributed by atoms with Crippen molar-refractivity contribution < 1.29 is 8.78 Å². The topological polar surface area (TPSA) is 26.0 Å². The highest BCUT2D eigenvalue weighted by molar-refractivity contribution is 6.31. The van der Waals surface area contributed by atoms with Crippen LogP contribution in [0.1, 0.15) is 24.8 Å². The van der Waals surface area contributed by atoms with E-state index in [2.05, 4.69) is 0 Å². The largest absolute Gasteiger partial charge is 0.325 e. The number of hydrogen-bond donors (Lipinski definition) is 1. The molecule has 0 heterocycles. The monoisotopic (exact) mass is 231 g/mol. The molecule has 0 saturated heterocycles. The summed E-state index contributed by atoms with van der Waals surface area (Å²) in [6.45, 7) is 0. The fourth-order valence-corrected chi connectivity index (χ4v) is 1.79. The van der Waals surface area contributed by atoms with Crippen LogP contribution in [0.4, 0.5) is 8.78 Å². The normalized spacial score (nSPS) is 17.9. The van der Waals surface area contributed by atoms with E-state index in [9.17, 15) is 8.78 Å². The fourth-order valence-electron chi connectivity index (χ4n) is 1.55. The first kappa shape index (κ1) is 10.8. The number of nitrogens with two attached hydrogens (primary N) is 1. The van der Waals surface area contributed by atoms with Crippen molar-refractivity contribution >= 4 is 11.6 Å². The third-order valence-electron chi connectivity index (χ3n) is 2.87. The molecule has 1 aliphatic carbocycles. The summed E-state index contributed by atoms with van der Waals surface area (Å²) in [6.07, 6.45) is 3.40. The first-order valence-corrected chi connectivity index (χ1v) is 5.30. The zero-order chi connectivity index (χ0) is 11.1. The van der Waals surface area contributed by atoms with Crippen molar-refractivity contribution in [1.29, 1.82) is 0 Å². The summed E-state index contributed by atoms with van der Waals surface area (Å²) in [7, 11) is 0. The summed E-state index contributed by atoms with van der Waals surface area (Å²) in [5, 5.41) is 0.276. The molecular formula is C11H12ClF2N. The maximum Gasteiger partial charge on any atom is 0.160 e. The molecule has 1 nitrogen and oxygen atoms in total. The fraction of sp³-hybridized carbons (Fsp3) is 0.455. The number of hydrogen-bond acceptors (Lipinski definition) is 1. The predicted octanol–water partition coefficient (Wildman–Crippen LogP) is 3.04. The molecule has 1 saturated carbocycles. The molecule has 2 N–H and O–H groups in total. The van der Waals surface area contributed by atoms with Crippen LogP contribution in [-0.2, 0) is 6.42 Å². The van der Waals surface area contributed by atoms with Gasteiger partial charge in [0.05, 0.1) is 0 Å². The van der Waals surface area contributed by atoms with Gasteiger partial charge in [-0.05, 0) is 43.4 Å². The first-order valence-electron chi connectivity index (χ1n) is 4.92. The van der Waals surface area contributed by atoms with E-state index in [1.165, 1.54) is 0 Å². The van der Waals surface area contributed by atoms with Gasteiger partial charge in [-0.15, -0.1) is 0 Å². The molecule has 0 spiro atoms. The molecule has 0 atom stereocenters. The van der Waals surface area contributed by atoms with Crippen LogP contribution in [0.2, 0.25) is 5.02 Å². The Balaban J connectivity index is 2.10. The zero-order valence-corrected chi connectivity index (χ0v) is 8.95. The summed E-state index contributed by atoms with van der Waals surface area (Å²) in [6, 6.07) is 2.17. The van der Waals surface area contributed by atoms with Crippen molar-refractivity contribution in [1.82, 2.24) is 0 Å². The highest BCUT2D eigenvalue weighted by Gasteiger charge is 2.37. The molecule has 0 radical (unpaired) electrons. The lowest BCUT2D eigenvalue weighted by molar-refractivity contribution is 0.506. The smallest absolute Gasteiger partial charge is 0.160 e. The summed E-state index contributed by atoms with van der Waals surface area (Å²) in [5.74, 6) is -1.76. The Labute approximate surface area is 92.2 Å². The van der Waals surface area contributed by atoms with Gasteiger partial charge >= 0.3 is 0 Å². The minimum atomic E-state index is -0.905. The highest BCUT2D eigenvalue weighted by atomic mass is 35.5. The molecule has 2 rings (SSSR count). The van der Waals surface area contributed by atoms with E-state index in [1.807, 2.05) is 0 Å². The van der Waals surface area contributed by atoms with E-state index < -0.39 is 11.6 Å². The van der Waals surface area contributed by atoms with Crippen molar-refractivity contribution in [3.8, 4) is 0 Å². The van der Waals surface area contributed by atoms with E-state index >= 15 is 0 Å². The number of rotatable bonds is 3. The van der Waals surface area contributed by atoms with Gasteiger partial charge in [-0.3, -0.25) is 0 Å². The van der Waals surface area contributed by atoms with Gasteiger partial charge in [0.2, 0.25) is 0 Å². The van der Waals surface area contributed by atoms with Crippen LogP contribution in [0.3, 0.4) is 0 Å². The Morgan fingerprint density at radius 2 is 1.87 bits per heavy atom. The van der Waals surface area contributed by atoms with Crippen LogP contribution < -0.4 is 5.73 Å². The quantitative estimate of drug-likeness (QED) is 0.795. The highest BCUT2D eigenvalue weighted by Crippen LogP contribution is 2.37. The Kier molecular flexibility index (Phi) is 2.69. The average Bonchev–Trinajstić information content (AvgIpc) is 2.89. The Bertz CT molecular complexity index is 388. The van der Waals surface area contributed by atoms with Crippen LogP contribution in [0.5, 0.6) is 0 Å². The van der Waals surface area contributed by atoms with E-state index in [0.717, 1.165) is 31.4 Å². The lowest BCUT2D eigenvalue weighted by atomic mass is 10.0. The number of halogens is 3.